The van der Waals surface area contributed by atoms with Gasteiger partial charge in [0, 0.05) is 13.0 Å². The number of carbonyl (C=O) groups excluding carboxylic acids is 1. The second kappa shape index (κ2) is 9.19. The number of hydrogen-bond acceptors (Lipinski definition) is 2. The molecule has 0 aliphatic rings. The van der Waals surface area contributed by atoms with E-state index in [4.69, 9.17) is 5.73 Å². The molecule has 0 fully saturated rings. The maximum absolute atomic E-state index is 12.3. The molecule has 0 rings (SSSR count). The highest BCUT2D eigenvalue weighted by Gasteiger charge is 2.32. The van der Waals surface area contributed by atoms with Crippen molar-refractivity contribution in [3.05, 3.63) is 0 Å². The van der Waals surface area contributed by atoms with Crippen LogP contribution in [-0.2, 0) is 4.79 Å². The van der Waals surface area contributed by atoms with Crippen molar-refractivity contribution in [3.63, 3.8) is 0 Å². The van der Waals surface area contributed by atoms with Gasteiger partial charge >= 0.3 is 6.18 Å². The van der Waals surface area contributed by atoms with Gasteiger partial charge in [0.15, 0.2) is 0 Å². The predicted octanol–water partition coefficient (Wildman–Crippen LogP) is 2.70. The minimum absolute atomic E-state index is 0.168. The summed E-state index contributed by atoms with van der Waals surface area (Å²) in [5, 5.41) is 0. The van der Waals surface area contributed by atoms with E-state index in [1.807, 2.05) is 0 Å². The predicted molar refractivity (Wildman–Crippen MR) is 65.1 cm³/mol. The number of carbonyl (C=O) groups is 1. The summed E-state index contributed by atoms with van der Waals surface area (Å²) in [7, 11) is 0. The van der Waals surface area contributed by atoms with Gasteiger partial charge < -0.3 is 10.6 Å². The van der Waals surface area contributed by atoms with Gasteiger partial charge in [-0.2, -0.15) is 13.2 Å². The molecule has 6 heteroatoms. The van der Waals surface area contributed by atoms with Crippen molar-refractivity contribution >= 4 is 5.91 Å². The Morgan fingerprint density at radius 1 is 1.17 bits per heavy atom. The van der Waals surface area contributed by atoms with Crippen LogP contribution in [0.4, 0.5) is 13.2 Å². The standard InChI is InChI=1S/C12H23F3N2O/c1-2-9-17(10-12(13,14)15)11(18)7-5-3-4-6-8-16/h2-10,16H2,1H3. The first kappa shape index (κ1) is 17.2. The van der Waals surface area contributed by atoms with E-state index in [9.17, 15) is 18.0 Å². The second-order valence-corrected chi connectivity index (χ2v) is 4.38. The van der Waals surface area contributed by atoms with Crippen LogP contribution in [-0.4, -0.2) is 36.6 Å². The van der Waals surface area contributed by atoms with Gasteiger partial charge in [0.1, 0.15) is 6.54 Å². The molecule has 2 N–H and O–H groups in total. The third kappa shape index (κ3) is 9.27. The molecule has 0 spiro atoms. The van der Waals surface area contributed by atoms with Gasteiger partial charge in [0.05, 0.1) is 0 Å². The number of rotatable bonds is 9. The third-order valence-electron chi connectivity index (χ3n) is 2.56. The van der Waals surface area contributed by atoms with Gasteiger partial charge in [-0.25, -0.2) is 0 Å². The summed E-state index contributed by atoms with van der Waals surface area (Å²) in [4.78, 5) is 12.6. The van der Waals surface area contributed by atoms with Crippen LogP contribution in [0.5, 0.6) is 0 Å². The van der Waals surface area contributed by atoms with Crippen molar-refractivity contribution in [3.8, 4) is 0 Å². The lowest BCUT2D eigenvalue weighted by Gasteiger charge is -2.23. The topological polar surface area (TPSA) is 46.3 Å². The molecule has 18 heavy (non-hydrogen) atoms. The summed E-state index contributed by atoms with van der Waals surface area (Å²) in [6.45, 7) is 1.41. The average Bonchev–Trinajstić information content (AvgIpc) is 2.26. The normalized spacial score (nSPS) is 11.6. The Labute approximate surface area is 107 Å². The first-order chi connectivity index (χ1) is 8.40. The Balaban J connectivity index is 3.99. The molecule has 0 aromatic heterocycles. The molecular weight excluding hydrogens is 245 g/mol. The first-order valence-electron chi connectivity index (χ1n) is 6.45. The molecule has 0 atom stereocenters. The van der Waals surface area contributed by atoms with Crippen LogP contribution < -0.4 is 5.73 Å². The fourth-order valence-electron chi connectivity index (χ4n) is 1.71. The van der Waals surface area contributed by atoms with Gasteiger partial charge in [-0.3, -0.25) is 4.79 Å². The molecule has 1 amide bonds. The monoisotopic (exact) mass is 268 g/mol. The molecule has 0 bridgehead atoms. The van der Waals surface area contributed by atoms with Crippen LogP contribution in [0.3, 0.4) is 0 Å². The maximum Gasteiger partial charge on any atom is 0.406 e. The number of hydrogen-bond donors (Lipinski definition) is 1. The number of alkyl halides is 3. The fourth-order valence-corrected chi connectivity index (χ4v) is 1.71. The molecule has 3 nitrogen and oxygen atoms in total. The zero-order valence-corrected chi connectivity index (χ0v) is 10.9. The van der Waals surface area contributed by atoms with Crippen molar-refractivity contribution in [1.82, 2.24) is 4.90 Å². The summed E-state index contributed by atoms with van der Waals surface area (Å²) in [6.07, 6.45) is -0.280. The van der Waals surface area contributed by atoms with Crippen LogP contribution in [0.2, 0.25) is 0 Å². The highest BCUT2D eigenvalue weighted by Crippen LogP contribution is 2.17. The van der Waals surface area contributed by atoms with Crippen LogP contribution >= 0.6 is 0 Å². The zero-order valence-electron chi connectivity index (χ0n) is 10.9. The van der Waals surface area contributed by atoms with Crippen molar-refractivity contribution in [2.24, 2.45) is 5.73 Å². The SMILES string of the molecule is CCCN(CC(F)(F)F)C(=O)CCCCCCN. The largest absolute Gasteiger partial charge is 0.406 e. The Bertz CT molecular complexity index is 232. The Kier molecular flexibility index (Phi) is 8.79. The number of halogens is 3. The van der Waals surface area contributed by atoms with E-state index in [1.165, 1.54) is 0 Å². The Hall–Kier alpha value is -0.780. The van der Waals surface area contributed by atoms with Crippen molar-refractivity contribution < 1.29 is 18.0 Å². The smallest absolute Gasteiger partial charge is 0.334 e. The van der Waals surface area contributed by atoms with Crippen LogP contribution in [0.25, 0.3) is 0 Å². The quantitative estimate of drug-likeness (QED) is 0.653. The molecule has 108 valence electrons. The van der Waals surface area contributed by atoms with Gasteiger partial charge in [-0.05, 0) is 25.8 Å². The van der Waals surface area contributed by atoms with E-state index < -0.39 is 18.6 Å². The van der Waals surface area contributed by atoms with Gasteiger partial charge in [0.25, 0.3) is 0 Å². The van der Waals surface area contributed by atoms with Gasteiger partial charge in [-0.1, -0.05) is 19.8 Å². The van der Waals surface area contributed by atoms with Crippen molar-refractivity contribution in [2.45, 2.75) is 51.6 Å². The van der Waals surface area contributed by atoms with Gasteiger partial charge in [-0.15, -0.1) is 0 Å². The van der Waals surface area contributed by atoms with E-state index >= 15 is 0 Å². The van der Waals surface area contributed by atoms with E-state index in [1.54, 1.807) is 6.92 Å². The lowest BCUT2D eigenvalue weighted by atomic mass is 10.1. The maximum atomic E-state index is 12.3. The van der Waals surface area contributed by atoms with Crippen LogP contribution in [0.1, 0.15) is 45.4 Å². The molecule has 0 saturated carbocycles. The summed E-state index contributed by atoms with van der Waals surface area (Å²) >= 11 is 0. The molecule has 0 aliphatic carbocycles. The van der Waals surface area contributed by atoms with Crippen LogP contribution in [0, 0.1) is 0 Å². The zero-order chi connectivity index (χ0) is 14.0. The Morgan fingerprint density at radius 3 is 2.28 bits per heavy atom. The van der Waals surface area contributed by atoms with Gasteiger partial charge in [0.2, 0.25) is 5.91 Å². The summed E-state index contributed by atoms with van der Waals surface area (Å²) < 4.78 is 36.8. The summed E-state index contributed by atoms with van der Waals surface area (Å²) in [6, 6.07) is 0. The molecule has 0 aliphatic heterocycles. The van der Waals surface area contributed by atoms with Crippen molar-refractivity contribution in [1.29, 1.82) is 0 Å². The fraction of sp³-hybridized carbons (Fsp3) is 0.917. The lowest BCUT2D eigenvalue weighted by Crippen LogP contribution is -2.39. The summed E-state index contributed by atoms with van der Waals surface area (Å²) in [5.74, 6) is -0.401. The number of amides is 1. The molecule has 0 unspecified atom stereocenters. The molecule has 0 aromatic carbocycles. The third-order valence-corrected chi connectivity index (χ3v) is 2.56. The average molecular weight is 268 g/mol. The highest BCUT2D eigenvalue weighted by molar-refractivity contribution is 5.76. The molecule has 0 heterocycles. The Morgan fingerprint density at radius 2 is 1.78 bits per heavy atom. The van der Waals surface area contributed by atoms with E-state index in [0.29, 0.717) is 19.4 Å². The lowest BCUT2D eigenvalue weighted by molar-refractivity contribution is -0.161. The highest BCUT2D eigenvalue weighted by atomic mass is 19.4. The number of nitrogens with two attached hydrogens (primary N) is 1. The van der Waals surface area contributed by atoms with E-state index in [0.717, 1.165) is 24.2 Å². The molecule has 0 radical (unpaired) electrons. The number of unbranched alkanes of at least 4 members (excludes halogenated alkanes) is 3. The minimum atomic E-state index is -4.32. The second-order valence-electron chi connectivity index (χ2n) is 4.38. The molecular formula is C12H23F3N2O. The minimum Gasteiger partial charge on any atom is -0.334 e. The first-order valence-corrected chi connectivity index (χ1v) is 6.45. The van der Waals surface area contributed by atoms with E-state index in [2.05, 4.69) is 0 Å². The number of nitrogens with zero attached hydrogens (tertiary/aromatic N) is 1. The molecule has 0 saturated heterocycles. The summed E-state index contributed by atoms with van der Waals surface area (Å²) in [5.41, 5.74) is 5.33. The molecule has 0 aromatic rings. The van der Waals surface area contributed by atoms with Crippen LogP contribution in [0.15, 0.2) is 0 Å². The van der Waals surface area contributed by atoms with E-state index in [-0.39, 0.29) is 13.0 Å². The van der Waals surface area contributed by atoms with Crippen molar-refractivity contribution in [2.75, 3.05) is 19.6 Å².